The maximum Gasteiger partial charge on any atom is 0.277 e. The van der Waals surface area contributed by atoms with Crippen molar-refractivity contribution in [2.45, 2.75) is 0 Å². The quantitative estimate of drug-likeness (QED) is 0.335. The molecule has 25 heavy (non-hydrogen) atoms. The van der Waals surface area contributed by atoms with Gasteiger partial charge in [0.1, 0.15) is 5.75 Å². The van der Waals surface area contributed by atoms with Gasteiger partial charge in [0.25, 0.3) is 5.91 Å². The Labute approximate surface area is 179 Å². The monoisotopic (exact) mass is 592 g/mol. The summed E-state index contributed by atoms with van der Waals surface area (Å²) >= 11 is 13.5. The number of ether oxygens (including phenoxy) is 1. The van der Waals surface area contributed by atoms with Crippen molar-refractivity contribution in [1.29, 1.82) is 0 Å². The lowest BCUT2D eigenvalue weighted by Gasteiger charge is -2.09. The van der Waals surface area contributed by atoms with Crippen molar-refractivity contribution in [3.8, 4) is 5.75 Å². The third-order valence-electron chi connectivity index (χ3n) is 2.79. The largest absolute Gasteiger partial charge is 0.481 e. The molecule has 0 heterocycles. The zero-order valence-corrected chi connectivity index (χ0v) is 19.0. The lowest BCUT2D eigenvalue weighted by molar-refractivity contribution is -0.123. The molecule has 0 saturated carbocycles. The highest BCUT2D eigenvalue weighted by atomic mass is 79.9. The molecule has 0 bridgehead atoms. The van der Waals surface area contributed by atoms with Crippen LogP contribution in [0.1, 0.15) is 5.56 Å². The summed E-state index contributed by atoms with van der Waals surface area (Å²) < 4.78 is 8.61. The zero-order valence-electron chi connectivity index (χ0n) is 12.7. The zero-order chi connectivity index (χ0) is 18.2. The SMILES string of the molecule is O=C(COc1c(Br)cc(Br)cc1Br)N/N=C\C(Br)=C\c1ccccc1. The minimum absolute atomic E-state index is 0.157. The maximum atomic E-state index is 11.8. The number of amides is 1. The van der Waals surface area contributed by atoms with E-state index in [-0.39, 0.29) is 12.5 Å². The third-order valence-corrected chi connectivity index (χ3v) is 4.86. The van der Waals surface area contributed by atoms with Crippen molar-refractivity contribution in [2.24, 2.45) is 5.10 Å². The fourth-order valence-electron chi connectivity index (χ4n) is 1.75. The maximum absolute atomic E-state index is 11.8. The van der Waals surface area contributed by atoms with Crippen molar-refractivity contribution < 1.29 is 9.53 Å². The Balaban J connectivity index is 1.86. The van der Waals surface area contributed by atoms with Gasteiger partial charge in [-0.15, -0.1) is 0 Å². The van der Waals surface area contributed by atoms with Gasteiger partial charge >= 0.3 is 0 Å². The minimum Gasteiger partial charge on any atom is -0.481 e. The number of nitrogens with one attached hydrogen (secondary N) is 1. The molecular weight excluding hydrogens is 584 g/mol. The lowest BCUT2D eigenvalue weighted by Crippen LogP contribution is -2.24. The van der Waals surface area contributed by atoms with Crippen LogP contribution in [0.25, 0.3) is 6.08 Å². The van der Waals surface area contributed by atoms with Gasteiger partial charge in [0.15, 0.2) is 6.61 Å². The number of nitrogens with zero attached hydrogens (tertiary/aromatic N) is 1. The van der Waals surface area contributed by atoms with Crippen molar-refractivity contribution in [1.82, 2.24) is 5.43 Å². The number of halogens is 4. The Bertz CT molecular complexity index is 785. The normalized spacial score (nSPS) is 11.6. The first kappa shape index (κ1) is 20.4. The fourth-order valence-corrected chi connectivity index (χ4v) is 4.60. The Morgan fingerprint density at radius 1 is 1.12 bits per heavy atom. The molecule has 0 fully saturated rings. The van der Waals surface area contributed by atoms with Crippen molar-refractivity contribution >= 4 is 81.9 Å². The second-order valence-electron chi connectivity index (χ2n) is 4.72. The molecule has 2 aromatic carbocycles. The highest BCUT2D eigenvalue weighted by Crippen LogP contribution is 2.36. The molecule has 0 atom stereocenters. The van der Waals surface area contributed by atoms with Crippen molar-refractivity contribution in [3.63, 3.8) is 0 Å². The van der Waals surface area contributed by atoms with Gasteiger partial charge < -0.3 is 4.74 Å². The molecule has 1 N–H and O–H groups in total. The van der Waals surface area contributed by atoms with Crippen LogP contribution in [0.2, 0.25) is 0 Å². The van der Waals surface area contributed by atoms with Gasteiger partial charge in [0.2, 0.25) is 0 Å². The lowest BCUT2D eigenvalue weighted by atomic mass is 10.2. The van der Waals surface area contributed by atoms with E-state index in [1.807, 2.05) is 48.5 Å². The highest BCUT2D eigenvalue weighted by molar-refractivity contribution is 9.12. The molecule has 0 unspecified atom stereocenters. The molecule has 130 valence electrons. The van der Waals surface area contributed by atoms with E-state index in [0.717, 1.165) is 23.5 Å². The van der Waals surface area contributed by atoms with Crippen LogP contribution >= 0.6 is 63.7 Å². The number of carbonyl (C=O) groups is 1. The minimum atomic E-state index is -0.363. The number of hydrogen-bond acceptors (Lipinski definition) is 3. The van der Waals surface area contributed by atoms with Gasteiger partial charge in [-0.2, -0.15) is 5.10 Å². The molecule has 0 aromatic heterocycles. The molecule has 0 aliphatic rings. The third kappa shape index (κ3) is 7.05. The van der Waals surface area contributed by atoms with E-state index in [1.165, 1.54) is 6.21 Å². The summed E-state index contributed by atoms with van der Waals surface area (Å²) in [5.41, 5.74) is 3.44. The average Bonchev–Trinajstić information content (AvgIpc) is 2.54. The van der Waals surface area contributed by atoms with E-state index in [0.29, 0.717) is 5.75 Å². The molecule has 2 aromatic rings. The second-order valence-corrected chi connectivity index (χ2v) is 8.26. The summed E-state index contributed by atoms with van der Waals surface area (Å²) in [6.45, 7) is -0.157. The molecule has 0 saturated heterocycles. The van der Waals surface area contributed by atoms with Crippen LogP contribution in [-0.2, 0) is 4.79 Å². The summed E-state index contributed by atoms with van der Waals surface area (Å²) in [7, 11) is 0. The van der Waals surface area contributed by atoms with Crippen LogP contribution in [0.15, 0.2) is 65.5 Å². The summed E-state index contributed by atoms with van der Waals surface area (Å²) in [5, 5.41) is 3.89. The molecular formula is C17H12Br4N2O2. The van der Waals surface area contributed by atoms with E-state index < -0.39 is 0 Å². The first-order valence-corrected chi connectivity index (χ1v) is 10.1. The number of rotatable bonds is 6. The Hall–Kier alpha value is -0.960. The van der Waals surface area contributed by atoms with E-state index in [2.05, 4.69) is 74.2 Å². The van der Waals surface area contributed by atoms with Gasteiger partial charge in [-0.05, 0) is 71.6 Å². The van der Waals surface area contributed by atoms with Crippen molar-refractivity contribution in [2.75, 3.05) is 6.61 Å². The summed E-state index contributed by atoms with van der Waals surface area (Å²) in [4.78, 5) is 11.8. The average molecular weight is 596 g/mol. The predicted octanol–water partition coefficient (Wildman–Crippen LogP) is 5.89. The number of benzene rings is 2. The number of hydrogen-bond donors (Lipinski definition) is 1. The Morgan fingerprint density at radius 3 is 2.40 bits per heavy atom. The predicted molar refractivity (Wildman–Crippen MR) is 115 cm³/mol. The van der Waals surface area contributed by atoms with Gasteiger partial charge in [-0.25, -0.2) is 5.43 Å². The van der Waals surface area contributed by atoms with Crippen molar-refractivity contribution in [3.05, 3.63) is 65.9 Å². The highest BCUT2D eigenvalue weighted by Gasteiger charge is 2.10. The van der Waals surface area contributed by atoms with Crippen LogP contribution in [0.3, 0.4) is 0 Å². The summed E-state index contributed by atoms with van der Waals surface area (Å²) in [5.74, 6) is 0.186. The number of hydrazone groups is 1. The standard InChI is InChI=1S/C17H12Br4N2O2/c18-12-7-14(20)17(15(21)8-12)25-10-16(24)23-22-9-13(19)6-11-4-2-1-3-5-11/h1-9H,10H2,(H,23,24)/b13-6-,22-9-. The van der Waals surface area contributed by atoms with E-state index >= 15 is 0 Å². The van der Waals surface area contributed by atoms with Gasteiger partial charge in [0.05, 0.1) is 15.2 Å². The molecule has 1 amide bonds. The van der Waals surface area contributed by atoms with E-state index in [1.54, 1.807) is 0 Å². The van der Waals surface area contributed by atoms with E-state index in [4.69, 9.17) is 4.74 Å². The van der Waals surface area contributed by atoms with Crippen LogP contribution < -0.4 is 10.2 Å². The smallest absolute Gasteiger partial charge is 0.277 e. The van der Waals surface area contributed by atoms with Gasteiger partial charge in [-0.1, -0.05) is 46.3 Å². The first-order valence-electron chi connectivity index (χ1n) is 6.97. The first-order chi connectivity index (χ1) is 12.0. The van der Waals surface area contributed by atoms with Crippen LogP contribution in [0, 0.1) is 0 Å². The topological polar surface area (TPSA) is 50.7 Å². The molecule has 2 rings (SSSR count). The van der Waals surface area contributed by atoms with E-state index in [9.17, 15) is 4.79 Å². The molecule has 0 aliphatic carbocycles. The van der Waals surface area contributed by atoms with Crippen LogP contribution in [-0.4, -0.2) is 18.7 Å². The fraction of sp³-hybridized carbons (Fsp3) is 0.0588. The summed E-state index contributed by atoms with van der Waals surface area (Å²) in [6.07, 6.45) is 3.40. The Kier molecular flexibility index (Phi) is 8.35. The number of allylic oxidation sites excluding steroid dienone is 1. The van der Waals surface area contributed by atoms with Crippen LogP contribution in [0.5, 0.6) is 5.75 Å². The molecule has 0 aliphatic heterocycles. The Morgan fingerprint density at radius 2 is 1.76 bits per heavy atom. The van der Waals surface area contributed by atoms with Gasteiger partial charge in [-0.3, -0.25) is 4.79 Å². The van der Waals surface area contributed by atoms with Gasteiger partial charge in [0, 0.05) is 8.96 Å². The molecule has 0 radical (unpaired) electrons. The summed E-state index contributed by atoms with van der Waals surface area (Å²) in [6, 6.07) is 13.4. The second kappa shape index (κ2) is 10.3. The molecule has 0 spiro atoms. The van der Waals surface area contributed by atoms with Crippen LogP contribution in [0.4, 0.5) is 0 Å². The molecule has 8 heteroatoms. The molecule has 4 nitrogen and oxygen atoms in total. The number of carbonyl (C=O) groups excluding carboxylic acids is 1.